The molecular formula is C17H17F2NO. The van der Waals surface area contributed by atoms with E-state index in [0.717, 1.165) is 17.7 Å². The number of carbonyl (C=O) groups excluding carboxylic acids is 1. The Morgan fingerprint density at radius 2 is 1.76 bits per heavy atom. The summed E-state index contributed by atoms with van der Waals surface area (Å²) in [6.07, 6.45) is 0. The molecular weight excluding hydrogens is 272 g/mol. The normalized spacial score (nSPS) is 11.2. The Kier molecular flexibility index (Phi) is 4.36. The monoisotopic (exact) mass is 289 g/mol. The van der Waals surface area contributed by atoms with Crippen molar-refractivity contribution in [1.82, 2.24) is 5.32 Å². The number of halogens is 2. The highest BCUT2D eigenvalue weighted by atomic mass is 19.1. The largest absolute Gasteiger partial charge is 0.351 e. The highest BCUT2D eigenvalue weighted by Gasteiger charge is 2.22. The third-order valence-electron chi connectivity index (χ3n) is 3.42. The van der Waals surface area contributed by atoms with Crippen LogP contribution in [0.2, 0.25) is 0 Å². The van der Waals surface area contributed by atoms with Crippen LogP contribution in [0.3, 0.4) is 0 Å². The van der Waals surface area contributed by atoms with Crippen molar-refractivity contribution >= 4 is 5.91 Å². The minimum atomic E-state index is -0.856. The van der Waals surface area contributed by atoms with Gasteiger partial charge in [0, 0.05) is 18.0 Å². The number of rotatable bonds is 4. The first-order valence-corrected chi connectivity index (χ1v) is 6.69. The molecule has 0 saturated carbocycles. The van der Waals surface area contributed by atoms with Crippen LogP contribution in [0, 0.1) is 11.6 Å². The van der Waals surface area contributed by atoms with E-state index in [0.29, 0.717) is 12.6 Å². The predicted molar refractivity (Wildman–Crippen MR) is 78.2 cm³/mol. The summed E-state index contributed by atoms with van der Waals surface area (Å²) >= 11 is 0. The summed E-state index contributed by atoms with van der Waals surface area (Å²) in [7, 11) is 0. The van der Waals surface area contributed by atoms with E-state index < -0.39 is 17.5 Å². The quantitative estimate of drug-likeness (QED) is 0.914. The number of amides is 1. The van der Waals surface area contributed by atoms with E-state index in [1.807, 2.05) is 44.2 Å². The number of hydrogen-bond donors (Lipinski definition) is 1. The highest BCUT2D eigenvalue weighted by molar-refractivity contribution is 5.94. The molecule has 110 valence electrons. The van der Waals surface area contributed by atoms with Crippen molar-refractivity contribution in [3.05, 3.63) is 71.3 Å². The molecule has 2 aromatic carbocycles. The Morgan fingerprint density at radius 3 is 2.38 bits per heavy atom. The first-order chi connectivity index (χ1) is 9.90. The molecule has 0 spiro atoms. The fourth-order valence-electron chi connectivity index (χ4n) is 2.06. The van der Waals surface area contributed by atoms with Crippen LogP contribution in [0.25, 0.3) is 0 Å². The second-order valence-electron chi connectivity index (χ2n) is 5.56. The molecule has 0 heterocycles. The molecule has 2 aromatic rings. The molecule has 4 heteroatoms. The molecule has 2 nitrogen and oxygen atoms in total. The van der Waals surface area contributed by atoms with Gasteiger partial charge in [-0.05, 0) is 17.7 Å². The lowest BCUT2D eigenvalue weighted by atomic mass is 9.84. The van der Waals surface area contributed by atoms with Gasteiger partial charge in [0.05, 0.1) is 5.56 Å². The summed E-state index contributed by atoms with van der Waals surface area (Å²) in [5.74, 6) is -2.10. The first-order valence-electron chi connectivity index (χ1n) is 6.69. The molecule has 0 atom stereocenters. The second kappa shape index (κ2) is 6.04. The molecule has 0 unspecified atom stereocenters. The molecule has 0 fully saturated rings. The number of benzene rings is 2. The summed E-state index contributed by atoms with van der Waals surface area (Å²) < 4.78 is 26.4. The van der Waals surface area contributed by atoms with Crippen LogP contribution in [-0.2, 0) is 5.41 Å². The van der Waals surface area contributed by atoms with Crippen LogP contribution in [-0.4, -0.2) is 12.5 Å². The van der Waals surface area contributed by atoms with Crippen molar-refractivity contribution in [3.8, 4) is 0 Å². The summed E-state index contributed by atoms with van der Waals surface area (Å²) in [4.78, 5) is 12.0. The minimum absolute atomic E-state index is 0.153. The third kappa shape index (κ3) is 3.66. The maximum Gasteiger partial charge on any atom is 0.254 e. The zero-order valence-corrected chi connectivity index (χ0v) is 12.0. The van der Waals surface area contributed by atoms with Crippen LogP contribution in [0.1, 0.15) is 29.8 Å². The van der Waals surface area contributed by atoms with Crippen LogP contribution in [0.5, 0.6) is 0 Å². The molecule has 0 aliphatic carbocycles. The van der Waals surface area contributed by atoms with Crippen LogP contribution >= 0.6 is 0 Å². The molecule has 0 aliphatic rings. The van der Waals surface area contributed by atoms with Gasteiger partial charge in [0.1, 0.15) is 11.6 Å². The van der Waals surface area contributed by atoms with Crippen LogP contribution in [0.4, 0.5) is 8.78 Å². The number of carbonyl (C=O) groups is 1. The van der Waals surface area contributed by atoms with Gasteiger partial charge in [-0.1, -0.05) is 44.2 Å². The number of hydrogen-bond acceptors (Lipinski definition) is 1. The average molecular weight is 289 g/mol. The molecule has 21 heavy (non-hydrogen) atoms. The molecule has 1 amide bonds. The Balaban J connectivity index is 2.07. The summed E-state index contributed by atoms with van der Waals surface area (Å²) in [5.41, 5.74) is 0.637. The average Bonchev–Trinajstić information content (AvgIpc) is 2.46. The topological polar surface area (TPSA) is 29.1 Å². The van der Waals surface area contributed by atoms with E-state index in [1.54, 1.807) is 0 Å². The Hall–Kier alpha value is -2.23. The van der Waals surface area contributed by atoms with E-state index in [9.17, 15) is 13.6 Å². The summed E-state index contributed by atoms with van der Waals surface area (Å²) in [6, 6.07) is 12.7. The van der Waals surface area contributed by atoms with Crippen molar-refractivity contribution in [2.75, 3.05) is 6.54 Å². The van der Waals surface area contributed by atoms with Crippen molar-refractivity contribution in [1.29, 1.82) is 0 Å². The van der Waals surface area contributed by atoms with E-state index in [-0.39, 0.29) is 11.0 Å². The maximum absolute atomic E-state index is 13.5. The van der Waals surface area contributed by atoms with E-state index in [1.165, 1.54) is 0 Å². The Morgan fingerprint density at radius 1 is 1.10 bits per heavy atom. The van der Waals surface area contributed by atoms with E-state index in [4.69, 9.17) is 0 Å². The zero-order valence-electron chi connectivity index (χ0n) is 12.0. The van der Waals surface area contributed by atoms with Gasteiger partial charge in [0.25, 0.3) is 5.91 Å². The zero-order chi connectivity index (χ0) is 15.5. The smallest absolute Gasteiger partial charge is 0.254 e. The predicted octanol–water partition coefficient (Wildman–Crippen LogP) is 3.67. The van der Waals surface area contributed by atoms with Gasteiger partial charge in [-0.25, -0.2) is 8.78 Å². The van der Waals surface area contributed by atoms with Crippen molar-refractivity contribution in [2.45, 2.75) is 19.3 Å². The fourth-order valence-corrected chi connectivity index (χ4v) is 2.06. The summed E-state index contributed by atoms with van der Waals surface area (Å²) in [6.45, 7) is 4.33. The standard InChI is InChI=1S/C17H17F2NO/c1-17(2,12-6-4-3-5-7-12)11-20-16(21)14-9-8-13(18)10-15(14)19/h3-10H,11H2,1-2H3,(H,20,21). The van der Waals surface area contributed by atoms with Crippen molar-refractivity contribution < 1.29 is 13.6 Å². The third-order valence-corrected chi connectivity index (χ3v) is 3.42. The molecule has 1 N–H and O–H groups in total. The number of nitrogens with one attached hydrogen (secondary N) is 1. The van der Waals surface area contributed by atoms with Gasteiger partial charge in [-0.3, -0.25) is 4.79 Å². The maximum atomic E-state index is 13.5. The molecule has 2 rings (SSSR count). The lowest BCUT2D eigenvalue weighted by Gasteiger charge is -2.25. The molecule has 0 saturated heterocycles. The summed E-state index contributed by atoms with van der Waals surface area (Å²) in [5, 5.41) is 2.70. The van der Waals surface area contributed by atoms with Gasteiger partial charge in [0.15, 0.2) is 0 Å². The molecule has 0 aliphatic heterocycles. The van der Waals surface area contributed by atoms with Crippen LogP contribution < -0.4 is 5.32 Å². The van der Waals surface area contributed by atoms with Gasteiger partial charge >= 0.3 is 0 Å². The van der Waals surface area contributed by atoms with Gasteiger partial charge in [0.2, 0.25) is 0 Å². The Labute approximate surface area is 122 Å². The van der Waals surface area contributed by atoms with Gasteiger partial charge < -0.3 is 5.32 Å². The SMILES string of the molecule is CC(C)(CNC(=O)c1ccc(F)cc1F)c1ccccc1. The van der Waals surface area contributed by atoms with Crippen LogP contribution in [0.15, 0.2) is 48.5 Å². The molecule has 0 radical (unpaired) electrons. The first kappa shape index (κ1) is 15.2. The molecule has 0 bridgehead atoms. The lowest BCUT2D eigenvalue weighted by Crippen LogP contribution is -2.37. The highest BCUT2D eigenvalue weighted by Crippen LogP contribution is 2.22. The van der Waals surface area contributed by atoms with Crippen molar-refractivity contribution in [3.63, 3.8) is 0 Å². The lowest BCUT2D eigenvalue weighted by molar-refractivity contribution is 0.0941. The Bertz CT molecular complexity index is 638. The van der Waals surface area contributed by atoms with E-state index in [2.05, 4.69) is 5.32 Å². The fraction of sp³-hybridized carbons (Fsp3) is 0.235. The second-order valence-corrected chi connectivity index (χ2v) is 5.56. The van der Waals surface area contributed by atoms with E-state index >= 15 is 0 Å². The molecule has 0 aromatic heterocycles. The van der Waals surface area contributed by atoms with Gasteiger partial charge in [-0.15, -0.1) is 0 Å². The van der Waals surface area contributed by atoms with Crippen molar-refractivity contribution in [2.24, 2.45) is 0 Å². The minimum Gasteiger partial charge on any atom is -0.351 e. The van der Waals surface area contributed by atoms with Gasteiger partial charge in [-0.2, -0.15) is 0 Å².